The zero-order chi connectivity index (χ0) is 5.54. The maximum atomic E-state index is 7.66. The smallest absolute Gasteiger partial charge is 0.0946 e. The van der Waals surface area contributed by atoms with E-state index in [1.807, 2.05) is 0 Å². The molecule has 0 aliphatic carbocycles. The number of hydrogen-bond donors (Lipinski definition) is 2. The van der Waals surface area contributed by atoms with Gasteiger partial charge in [0.1, 0.15) is 0 Å². The van der Waals surface area contributed by atoms with Crippen LogP contribution < -0.4 is 5.43 Å². The number of rotatable bonds is 3. The van der Waals surface area contributed by atoms with Crippen molar-refractivity contribution in [3.8, 4) is 0 Å². The first-order chi connectivity index (χ1) is 3.41. The maximum Gasteiger partial charge on any atom is 0.0946 e. The van der Waals surface area contributed by atoms with Crippen LogP contribution in [0.25, 0.3) is 10.4 Å². The second kappa shape index (κ2) is 5.46. The Labute approximate surface area is 46.9 Å². The van der Waals surface area contributed by atoms with Gasteiger partial charge in [-0.1, -0.05) is 0 Å². The van der Waals surface area contributed by atoms with E-state index < -0.39 is 0 Å². The molecule has 1 N–H and O–H groups in total. The van der Waals surface area contributed by atoms with Gasteiger partial charge in [-0.05, 0) is 5.22 Å². The molecule has 0 aromatic rings. The van der Waals surface area contributed by atoms with E-state index in [9.17, 15) is 0 Å². The Morgan fingerprint density at radius 2 is 2.57 bits per heavy atom. The summed E-state index contributed by atoms with van der Waals surface area (Å²) in [6.45, 7) is 0.618. The summed E-state index contributed by atoms with van der Waals surface area (Å²) in [4.78, 5) is 2.45. The number of nitrogens with one attached hydrogen (secondary N) is 1. The van der Waals surface area contributed by atoms with E-state index in [1.54, 1.807) is 0 Å². The fraction of sp³-hybridized carbons (Fsp3) is 1.00. The molecule has 5 heteroatoms. The van der Waals surface area contributed by atoms with Crippen LogP contribution in [0.4, 0.5) is 0 Å². The fourth-order valence-electron chi connectivity index (χ4n) is 0.132. The lowest BCUT2D eigenvalue weighted by Gasteiger charge is -1.83. The van der Waals surface area contributed by atoms with E-state index in [0.717, 1.165) is 0 Å². The molecule has 7 heavy (non-hydrogen) atoms. The normalized spacial score (nSPS) is 7.00. The highest BCUT2D eigenvalue weighted by Crippen LogP contribution is 1.67. The van der Waals surface area contributed by atoms with Crippen molar-refractivity contribution in [2.24, 2.45) is 5.22 Å². The molecule has 4 nitrogen and oxygen atoms in total. The van der Waals surface area contributed by atoms with E-state index >= 15 is 0 Å². The summed E-state index contributed by atoms with van der Waals surface area (Å²) in [6.07, 6.45) is 0. The summed E-state index contributed by atoms with van der Waals surface area (Å²) in [7, 11) is 0. The molecule has 40 valence electrons. The topological polar surface area (TPSA) is 60.8 Å². The Bertz CT molecular complexity index is 75.8. The minimum absolute atomic E-state index is 0.618. The van der Waals surface area contributed by atoms with Crippen molar-refractivity contribution < 1.29 is 0 Å². The highest BCUT2D eigenvalue weighted by atomic mass is 32.1. The van der Waals surface area contributed by atoms with Crippen LogP contribution in [-0.4, -0.2) is 12.3 Å². The van der Waals surface area contributed by atoms with Crippen LogP contribution in [0.1, 0.15) is 0 Å². The number of thiol groups is 1. The van der Waals surface area contributed by atoms with Crippen LogP contribution in [0, 0.1) is 0 Å². The van der Waals surface area contributed by atoms with Gasteiger partial charge in [0.05, 0.1) is 6.54 Å². The van der Waals surface area contributed by atoms with Gasteiger partial charge in [-0.2, -0.15) is 17.5 Å². The molecular weight excluding hydrogens is 112 g/mol. The van der Waals surface area contributed by atoms with Gasteiger partial charge in [-0.15, -0.1) is 5.53 Å². The highest BCUT2D eigenvalue weighted by molar-refractivity contribution is 7.80. The van der Waals surface area contributed by atoms with Gasteiger partial charge in [-0.3, -0.25) is 5.43 Å². The first kappa shape index (κ1) is 6.46. The Kier molecular flexibility index (Phi) is 5.04. The third-order valence-corrected chi connectivity index (χ3v) is 0.563. The second-order valence-electron chi connectivity index (χ2n) is 0.821. The lowest BCUT2D eigenvalue weighted by Crippen LogP contribution is -2.06. The largest absolute Gasteiger partial charge is 0.260 e. The quantitative estimate of drug-likeness (QED) is 0.141. The zero-order valence-electron chi connectivity index (χ0n) is 3.70. The molecule has 0 fully saturated rings. The summed E-state index contributed by atoms with van der Waals surface area (Å²) >= 11 is 3.85. The molecule has 0 rings (SSSR count). The lowest BCUT2D eigenvalue weighted by atomic mass is 10.8. The number of nitrogens with zero attached hydrogens (tertiary/aromatic N) is 3. The van der Waals surface area contributed by atoms with Crippen molar-refractivity contribution in [2.75, 3.05) is 12.3 Å². The van der Waals surface area contributed by atoms with Crippen LogP contribution in [0.15, 0.2) is 5.22 Å². The Balaban J connectivity index is 2.83. The molecule has 0 aromatic carbocycles. The average molecular weight is 118 g/mol. The standard InChI is InChI=1S/C2H6N4S/c3-5-6-4-1-2-7/h4,7H,1-2H2. The Hall–Kier alpha value is -0.540. The number of hydrogen-bond acceptors (Lipinski definition) is 2. The van der Waals surface area contributed by atoms with Crippen LogP contribution in [-0.2, 0) is 0 Å². The van der Waals surface area contributed by atoms with Gasteiger partial charge in [0.2, 0.25) is 0 Å². The van der Waals surface area contributed by atoms with E-state index in [-0.39, 0.29) is 0 Å². The van der Waals surface area contributed by atoms with Gasteiger partial charge in [0.15, 0.2) is 0 Å². The minimum atomic E-state index is 0.618. The van der Waals surface area contributed by atoms with E-state index in [2.05, 4.69) is 28.2 Å². The van der Waals surface area contributed by atoms with Crippen LogP contribution in [0.5, 0.6) is 0 Å². The molecular formula is C2H6N4S. The predicted molar refractivity (Wildman–Crippen MR) is 31.0 cm³/mol. The summed E-state index contributed by atoms with van der Waals surface area (Å²) in [5.74, 6) is 0.680. The molecule has 0 amide bonds. The van der Waals surface area contributed by atoms with Crippen LogP contribution in [0.2, 0.25) is 0 Å². The Morgan fingerprint density at radius 1 is 1.86 bits per heavy atom. The predicted octanol–water partition coefficient (Wildman–Crippen LogP) is 0.731. The molecule has 0 atom stereocenters. The molecule has 0 aliphatic rings. The average Bonchev–Trinajstić information content (AvgIpc) is 1.69. The first-order valence-electron chi connectivity index (χ1n) is 1.79. The monoisotopic (exact) mass is 118 g/mol. The van der Waals surface area contributed by atoms with Crippen molar-refractivity contribution in [2.45, 2.75) is 0 Å². The molecule has 0 bridgehead atoms. The van der Waals surface area contributed by atoms with Gasteiger partial charge < -0.3 is 0 Å². The van der Waals surface area contributed by atoms with Crippen molar-refractivity contribution >= 4 is 12.6 Å². The van der Waals surface area contributed by atoms with Gasteiger partial charge >= 0.3 is 0 Å². The SMILES string of the molecule is [N-]=[N+]=NNCCS. The van der Waals surface area contributed by atoms with Crippen LogP contribution >= 0.6 is 12.6 Å². The third-order valence-electron chi connectivity index (χ3n) is 0.339. The Morgan fingerprint density at radius 3 is 3.00 bits per heavy atom. The third kappa shape index (κ3) is 5.46. The highest BCUT2D eigenvalue weighted by Gasteiger charge is 1.73. The van der Waals surface area contributed by atoms with Crippen molar-refractivity contribution in [1.29, 1.82) is 0 Å². The summed E-state index contributed by atoms with van der Waals surface area (Å²) in [6, 6.07) is 0. The first-order valence-corrected chi connectivity index (χ1v) is 2.43. The minimum Gasteiger partial charge on any atom is -0.260 e. The molecule has 0 heterocycles. The number of azide groups is 1. The molecule has 0 saturated heterocycles. The lowest BCUT2D eigenvalue weighted by molar-refractivity contribution is 0.779. The zero-order valence-corrected chi connectivity index (χ0v) is 4.60. The van der Waals surface area contributed by atoms with Crippen LogP contribution in [0.3, 0.4) is 0 Å². The van der Waals surface area contributed by atoms with E-state index in [4.69, 9.17) is 5.53 Å². The second-order valence-corrected chi connectivity index (χ2v) is 1.27. The molecule has 0 spiro atoms. The molecule has 0 radical (unpaired) electrons. The molecule has 0 aliphatic heterocycles. The van der Waals surface area contributed by atoms with E-state index in [0.29, 0.717) is 12.3 Å². The van der Waals surface area contributed by atoms with Crippen molar-refractivity contribution in [3.63, 3.8) is 0 Å². The van der Waals surface area contributed by atoms with E-state index in [1.165, 1.54) is 0 Å². The van der Waals surface area contributed by atoms with Gasteiger partial charge in [0, 0.05) is 5.75 Å². The molecule has 0 unspecified atom stereocenters. The molecule has 0 aromatic heterocycles. The maximum absolute atomic E-state index is 7.66. The summed E-state index contributed by atoms with van der Waals surface area (Å²) in [5.41, 5.74) is 10.1. The fourth-order valence-corrected chi connectivity index (χ4v) is 0.232. The van der Waals surface area contributed by atoms with Gasteiger partial charge in [-0.25, -0.2) is 0 Å². The molecule has 0 saturated carbocycles. The summed E-state index contributed by atoms with van der Waals surface area (Å²) < 4.78 is 0. The van der Waals surface area contributed by atoms with Crippen molar-refractivity contribution in [3.05, 3.63) is 10.4 Å². The van der Waals surface area contributed by atoms with Gasteiger partial charge in [0.25, 0.3) is 0 Å². The van der Waals surface area contributed by atoms with Crippen molar-refractivity contribution in [1.82, 2.24) is 5.43 Å². The summed E-state index contributed by atoms with van der Waals surface area (Å²) in [5, 5.41) is 3.04.